The fraction of sp³-hybridized carbons (Fsp3) is 0.435. The molecule has 2 aliphatic heterocycles. The summed E-state index contributed by atoms with van der Waals surface area (Å²) in [6.07, 6.45) is 1.64. The molecule has 0 N–H and O–H groups in total. The second-order valence-electron chi connectivity index (χ2n) is 7.82. The molecule has 9 heteroatoms. The molecule has 2 aliphatic rings. The molecule has 1 amide bonds. The van der Waals surface area contributed by atoms with Crippen LogP contribution in [0.4, 0.5) is 11.4 Å². The first-order valence-corrected chi connectivity index (χ1v) is 10.7. The third-order valence-electron chi connectivity index (χ3n) is 6.08. The van der Waals surface area contributed by atoms with Crippen molar-refractivity contribution in [2.75, 3.05) is 52.0 Å². The monoisotopic (exact) mass is 441 g/mol. The minimum absolute atomic E-state index is 0.0597. The maximum Gasteiger partial charge on any atom is 0.293 e. The number of benzene rings is 2. The van der Waals surface area contributed by atoms with Gasteiger partial charge in [-0.15, -0.1) is 0 Å². The Kier molecular flexibility index (Phi) is 6.45. The molecular formula is C23H27N3O6. The molecule has 4 rings (SSSR count). The molecule has 1 atom stereocenters. The number of amides is 1. The number of nitrogens with zero attached hydrogens (tertiary/aromatic N) is 3. The van der Waals surface area contributed by atoms with Crippen molar-refractivity contribution in [2.24, 2.45) is 0 Å². The zero-order chi connectivity index (χ0) is 22.7. The average molecular weight is 441 g/mol. The van der Waals surface area contributed by atoms with Crippen molar-refractivity contribution in [3.63, 3.8) is 0 Å². The molecule has 0 aliphatic carbocycles. The zero-order valence-corrected chi connectivity index (χ0v) is 18.3. The van der Waals surface area contributed by atoms with E-state index in [2.05, 4.69) is 0 Å². The summed E-state index contributed by atoms with van der Waals surface area (Å²) in [5.74, 6) is 1.11. The first kappa shape index (κ1) is 21.9. The number of rotatable bonds is 6. The fourth-order valence-corrected chi connectivity index (χ4v) is 4.47. The summed E-state index contributed by atoms with van der Waals surface area (Å²) in [6.45, 7) is 2.80. The smallest absolute Gasteiger partial charge is 0.293 e. The Bertz CT molecular complexity index is 1010. The topological polar surface area (TPSA) is 94.4 Å². The molecule has 2 aromatic rings. The Labute approximate surface area is 186 Å². The molecule has 0 spiro atoms. The Morgan fingerprint density at radius 3 is 2.56 bits per heavy atom. The van der Waals surface area contributed by atoms with Crippen molar-refractivity contribution >= 4 is 17.3 Å². The van der Waals surface area contributed by atoms with Crippen LogP contribution in [0.2, 0.25) is 0 Å². The van der Waals surface area contributed by atoms with E-state index in [1.807, 2.05) is 17.0 Å². The van der Waals surface area contributed by atoms with Crippen LogP contribution in [-0.2, 0) is 4.74 Å². The van der Waals surface area contributed by atoms with Gasteiger partial charge in [0, 0.05) is 42.9 Å². The number of nitro benzene ring substituents is 1. The Morgan fingerprint density at radius 2 is 1.88 bits per heavy atom. The van der Waals surface area contributed by atoms with Gasteiger partial charge >= 0.3 is 0 Å². The van der Waals surface area contributed by atoms with Crippen molar-refractivity contribution in [1.82, 2.24) is 4.90 Å². The summed E-state index contributed by atoms with van der Waals surface area (Å²) in [5, 5.41) is 11.8. The lowest BCUT2D eigenvalue weighted by Crippen LogP contribution is -2.36. The maximum absolute atomic E-state index is 13.4. The Hall–Kier alpha value is -3.33. The van der Waals surface area contributed by atoms with Crippen LogP contribution in [0.5, 0.6) is 11.5 Å². The van der Waals surface area contributed by atoms with Gasteiger partial charge < -0.3 is 24.0 Å². The van der Waals surface area contributed by atoms with Crippen LogP contribution < -0.4 is 14.4 Å². The van der Waals surface area contributed by atoms with E-state index in [4.69, 9.17) is 14.2 Å². The number of carbonyl (C=O) groups is 1. The SMILES string of the molecule is COc1ccc(C2CCCN2C(=O)c2ccc(N3CCOCC3)c([N+](=O)[O-])c2)c(OC)c1. The lowest BCUT2D eigenvalue weighted by molar-refractivity contribution is -0.384. The maximum atomic E-state index is 13.4. The van der Waals surface area contributed by atoms with E-state index in [1.54, 1.807) is 37.3 Å². The Morgan fingerprint density at radius 1 is 1.09 bits per heavy atom. The molecule has 2 heterocycles. The molecule has 2 fully saturated rings. The number of likely N-dealkylation sites (tertiary alicyclic amines) is 1. The van der Waals surface area contributed by atoms with Gasteiger partial charge in [-0.05, 0) is 37.1 Å². The van der Waals surface area contributed by atoms with Gasteiger partial charge in [0.05, 0.1) is 38.4 Å². The number of ether oxygens (including phenoxy) is 3. The van der Waals surface area contributed by atoms with Crippen LogP contribution in [0, 0.1) is 10.1 Å². The van der Waals surface area contributed by atoms with E-state index in [1.165, 1.54) is 6.07 Å². The molecule has 32 heavy (non-hydrogen) atoms. The quantitative estimate of drug-likeness (QED) is 0.501. The van der Waals surface area contributed by atoms with Crippen molar-refractivity contribution < 1.29 is 23.9 Å². The number of carbonyl (C=O) groups excluding carboxylic acids is 1. The van der Waals surface area contributed by atoms with Gasteiger partial charge in [-0.2, -0.15) is 0 Å². The number of hydrogen-bond acceptors (Lipinski definition) is 7. The first-order chi connectivity index (χ1) is 15.5. The number of hydrogen-bond donors (Lipinski definition) is 0. The van der Waals surface area contributed by atoms with Crippen molar-refractivity contribution in [2.45, 2.75) is 18.9 Å². The van der Waals surface area contributed by atoms with Crippen molar-refractivity contribution in [3.8, 4) is 11.5 Å². The normalized spacial score (nSPS) is 18.5. The second kappa shape index (κ2) is 9.44. The molecule has 1 unspecified atom stereocenters. The molecule has 2 saturated heterocycles. The van der Waals surface area contributed by atoms with Crippen LogP contribution in [0.3, 0.4) is 0 Å². The molecule has 0 saturated carbocycles. The highest BCUT2D eigenvalue weighted by molar-refractivity contribution is 5.96. The van der Waals surface area contributed by atoms with E-state index in [0.717, 1.165) is 18.4 Å². The van der Waals surface area contributed by atoms with Crippen molar-refractivity contribution in [3.05, 3.63) is 57.6 Å². The first-order valence-electron chi connectivity index (χ1n) is 10.7. The van der Waals surface area contributed by atoms with E-state index < -0.39 is 4.92 Å². The van der Waals surface area contributed by atoms with Crippen LogP contribution in [0.1, 0.15) is 34.8 Å². The molecule has 0 radical (unpaired) electrons. The minimum atomic E-state index is -0.421. The number of nitro groups is 1. The lowest BCUT2D eigenvalue weighted by atomic mass is 10.0. The van der Waals surface area contributed by atoms with E-state index in [0.29, 0.717) is 55.6 Å². The molecular weight excluding hydrogens is 414 g/mol. The van der Waals surface area contributed by atoms with Gasteiger partial charge in [-0.25, -0.2) is 0 Å². The van der Waals surface area contributed by atoms with Crippen LogP contribution >= 0.6 is 0 Å². The molecule has 0 aromatic heterocycles. The van der Waals surface area contributed by atoms with Gasteiger partial charge in [-0.1, -0.05) is 0 Å². The van der Waals surface area contributed by atoms with Gasteiger partial charge in [0.15, 0.2) is 0 Å². The van der Waals surface area contributed by atoms with Crippen LogP contribution in [0.15, 0.2) is 36.4 Å². The van der Waals surface area contributed by atoms with E-state index in [-0.39, 0.29) is 17.6 Å². The highest BCUT2D eigenvalue weighted by Gasteiger charge is 2.34. The number of morpholine rings is 1. The standard InChI is InChI=1S/C23H27N3O6/c1-30-17-6-7-18(22(15-17)31-2)19-4-3-9-25(19)23(27)16-5-8-20(21(14-16)26(28)29)24-10-12-32-13-11-24/h5-8,14-15,19H,3-4,9-13H2,1-2H3. The summed E-state index contributed by atoms with van der Waals surface area (Å²) in [7, 11) is 3.18. The zero-order valence-electron chi connectivity index (χ0n) is 18.3. The minimum Gasteiger partial charge on any atom is -0.497 e. The third kappa shape index (κ3) is 4.20. The van der Waals surface area contributed by atoms with Gasteiger partial charge in [-0.3, -0.25) is 14.9 Å². The Balaban J connectivity index is 1.63. The number of methoxy groups -OCH3 is 2. The fourth-order valence-electron chi connectivity index (χ4n) is 4.47. The van der Waals surface area contributed by atoms with Gasteiger partial charge in [0.2, 0.25) is 0 Å². The highest BCUT2D eigenvalue weighted by Crippen LogP contribution is 2.40. The predicted octanol–water partition coefficient (Wildman–Crippen LogP) is 3.43. The third-order valence-corrected chi connectivity index (χ3v) is 6.08. The molecule has 9 nitrogen and oxygen atoms in total. The van der Waals surface area contributed by atoms with Gasteiger partial charge in [0.25, 0.3) is 11.6 Å². The predicted molar refractivity (Wildman–Crippen MR) is 119 cm³/mol. The summed E-state index contributed by atoms with van der Waals surface area (Å²) in [4.78, 5) is 28.5. The molecule has 0 bridgehead atoms. The van der Waals surface area contributed by atoms with Crippen LogP contribution in [0.25, 0.3) is 0 Å². The van der Waals surface area contributed by atoms with Crippen molar-refractivity contribution in [1.29, 1.82) is 0 Å². The largest absolute Gasteiger partial charge is 0.497 e. The van der Waals surface area contributed by atoms with Gasteiger partial charge in [0.1, 0.15) is 17.2 Å². The van der Waals surface area contributed by atoms with E-state index in [9.17, 15) is 14.9 Å². The molecule has 2 aromatic carbocycles. The highest BCUT2D eigenvalue weighted by atomic mass is 16.6. The lowest BCUT2D eigenvalue weighted by Gasteiger charge is -2.29. The summed E-state index contributed by atoms with van der Waals surface area (Å²) in [5.41, 5.74) is 1.67. The van der Waals surface area contributed by atoms with Crippen LogP contribution in [-0.4, -0.2) is 62.8 Å². The average Bonchev–Trinajstić information content (AvgIpc) is 3.33. The summed E-state index contributed by atoms with van der Waals surface area (Å²) < 4.78 is 16.2. The summed E-state index contributed by atoms with van der Waals surface area (Å²) >= 11 is 0. The molecule has 170 valence electrons. The summed E-state index contributed by atoms with van der Waals surface area (Å²) in [6, 6.07) is 10.2. The van der Waals surface area contributed by atoms with E-state index >= 15 is 0 Å². The number of anilines is 1. The second-order valence-corrected chi connectivity index (χ2v) is 7.82.